The molecule has 1 aromatic rings. The van der Waals surface area contributed by atoms with E-state index in [1.54, 1.807) is 0 Å². The van der Waals surface area contributed by atoms with Gasteiger partial charge >= 0.3 is 0 Å². The predicted octanol–water partition coefficient (Wildman–Crippen LogP) is 3.09. The van der Waals surface area contributed by atoms with Crippen LogP contribution in [0.4, 0.5) is 0 Å². The molecule has 2 unspecified atom stereocenters. The molecule has 1 aromatic carbocycles. The van der Waals surface area contributed by atoms with Crippen LogP contribution < -0.4 is 11.1 Å². The second kappa shape index (κ2) is 6.06. The summed E-state index contributed by atoms with van der Waals surface area (Å²) in [5.74, 6) is 0.414. The quantitative estimate of drug-likeness (QED) is 0.897. The van der Waals surface area contributed by atoms with Crippen molar-refractivity contribution in [2.75, 3.05) is 6.54 Å². The lowest BCUT2D eigenvalue weighted by molar-refractivity contribution is 0.0813. The fourth-order valence-corrected chi connectivity index (χ4v) is 3.12. The number of carbonyl (C=O) groups is 1. The number of carbonyl (C=O) groups excluding carboxylic acids is 1. The second-order valence-electron chi connectivity index (χ2n) is 5.47. The molecule has 1 aliphatic rings. The maximum Gasteiger partial charge on any atom is 0.251 e. The minimum absolute atomic E-state index is 0.0216. The third kappa shape index (κ3) is 3.18. The Morgan fingerprint density at radius 3 is 2.68 bits per heavy atom. The maximum absolute atomic E-state index is 12.4. The number of nitrogens with two attached hydrogens (primary N) is 1. The van der Waals surface area contributed by atoms with Crippen LogP contribution in [0.5, 0.6) is 0 Å². The molecule has 0 bridgehead atoms. The van der Waals surface area contributed by atoms with Crippen molar-refractivity contribution in [1.82, 2.24) is 5.32 Å². The molecule has 104 valence electrons. The van der Waals surface area contributed by atoms with Crippen LogP contribution in [-0.4, -0.2) is 18.0 Å². The molecule has 2 rings (SSSR count). The van der Waals surface area contributed by atoms with Gasteiger partial charge in [-0.25, -0.2) is 0 Å². The van der Waals surface area contributed by atoms with Crippen LogP contribution in [-0.2, 0) is 0 Å². The van der Waals surface area contributed by atoms with Crippen LogP contribution in [0.2, 0.25) is 0 Å². The van der Waals surface area contributed by atoms with Gasteiger partial charge < -0.3 is 11.1 Å². The molecule has 0 heterocycles. The maximum atomic E-state index is 12.4. The first-order chi connectivity index (χ1) is 9.07. The molecule has 1 amide bonds. The van der Waals surface area contributed by atoms with Crippen molar-refractivity contribution in [1.29, 1.82) is 0 Å². The van der Waals surface area contributed by atoms with Crippen molar-refractivity contribution in [2.24, 2.45) is 11.7 Å². The summed E-state index contributed by atoms with van der Waals surface area (Å²) in [6, 6.07) is 7.43. The van der Waals surface area contributed by atoms with E-state index in [2.05, 4.69) is 28.2 Å². The zero-order valence-corrected chi connectivity index (χ0v) is 12.9. The Kier molecular flexibility index (Phi) is 4.63. The third-order valence-electron chi connectivity index (χ3n) is 4.29. The lowest BCUT2D eigenvalue weighted by Gasteiger charge is -2.42. The van der Waals surface area contributed by atoms with Crippen molar-refractivity contribution in [3.63, 3.8) is 0 Å². The van der Waals surface area contributed by atoms with Gasteiger partial charge in [0.15, 0.2) is 0 Å². The molecular weight excluding hydrogens is 304 g/mol. The number of nitrogens with one attached hydrogen (secondary N) is 1. The summed E-state index contributed by atoms with van der Waals surface area (Å²) in [5.41, 5.74) is 6.41. The van der Waals surface area contributed by atoms with Crippen molar-refractivity contribution in [3.05, 3.63) is 34.3 Å². The van der Waals surface area contributed by atoms with Crippen LogP contribution >= 0.6 is 15.9 Å². The summed E-state index contributed by atoms with van der Waals surface area (Å²) in [5, 5.41) is 3.19. The second-order valence-corrected chi connectivity index (χ2v) is 6.38. The standard InChI is InChI=1S/C15H21BrN2O/c1-11-4-2-3-9-15(11,10-17)18-14(19)12-5-7-13(16)8-6-12/h5-8,11H,2-4,9-10,17H2,1H3,(H,18,19). The molecule has 0 radical (unpaired) electrons. The minimum Gasteiger partial charge on any atom is -0.345 e. The van der Waals surface area contributed by atoms with E-state index >= 15 is 0 Å². The van der Waals surface area contributed by atoms with Crippen LogP contribution in [0.15, 0.2) is 28.7 Å². The normalized spacial score (nSPS) is 27.0. The predicted molar refractivity (Wildman–Crippen MR) is 81.0 cm³/mol. The highest BCUT2D eigenvalue weighted by Gasteiger charge is 2.38. The number of benzene rings is 1. The van der Waals surface area contributed by atoms with E-state index in [4.69, 9.17) is 5.73 Å². The molecule has 1 saturated carbocycles. The molecular formula is C15H21BrN2O. The Hall–Kier alpha value is -0.870. The van der Waals surface area contributed by atoms with Crippen LogP contribution in [0.1, 0.15) is 43.0 Å². The topological polar surface area (TPSA) is 55.1 Å². The lowest BCUT2D eigenvalue weighted by Crippen LogP contribution is -2.59. The van der Waals surface area contributed by atoms with Crippen LogP contribution in [0.25, 0.3) is 0 Å². The van der Waals surface area contributed by atoms with Crippen LogP contribution in [0.3, 0.4) is 0 Å². The first-order valence-corrected chi connectivity index (χ1v) is 7.65. The Labute approximate surface area is 123 Å². The van der Waals surface area contributed by atoms with Gasteiger partial charge in [-0.05, 0) is 43.0 Å². The zero-order chi connectivity index (χ0) is 13.9. The van der Waals surface area contributed by atoms with Gasteiger partial charge in [-0.3, -0.25) is 4.79 Å². The van der Waals surface area contributed by atoms with Gasteiger partial charge in [0.25, 0.3) is 5.91 Å². The summed E-state index contributed by atoms with van der Waals surface area (Å²) in [6.07, 6.45) is 4.49. The highest BCUT2D eigenvalue weighted by atomic mass is 79.9. The fraction of sp³-hybridized carbons (Fsp3) is 0.533. The molecule has 1 aliphatic carbocycles. The molecule has 3 nitrogen and oxygen atoms in total. The summed E-state index contributed by atoms with van der Waals surface area (Å²) in [6.45, 7) is 2.70. The number of amides is 1. The van der Waals surface area contributed by atoms with Crippen molar-refractivity contribution in [2.45, 2.75) is 38.1 Å². The fourth-order valence-electron chi connectivity index (χ4n) is 2.85. The molecule has 0 aliphatic heterocycles. The van der Waals surface area contributed by atoms with E-state index in [1.165, 1.54) is 6.42 Å². The average molecular weight is 325 g/mol. The summed E-state index contributed by atoms with van der Waals surface area (Å²) < 4.78 is 0.976. The van der Waals surface area contributed by atoms with Gasteiger partial charge in [-0.2, -0.15) is 0 Å². The van der Waals surface area contributed by atoms with Gasteiger partial charge in [0.05, 0.1) is 5.54 Å². The van der Waals surface area contributed by atoms with E-state index in [0.717, 1.165) is 23.7 Å². The number of hydrogen-bond donors (Lipinski definition) is 2. The minimum atomic E-state index is -0.234. The molecule has 4 heteroatoms. The zero-order valence-electron chi connectivity index (χ0n) is 11.3. The SMILES string of the molecule is CC1CCCCC1(CN)NC(=O)c1ccc(Br)cc1. The smallest absolute Gasteiger partial charge is 0.251 e. The van der Waals surface area contributed by atoms with Gasteiger partial charge in [-0.15, -0.1) is 0 Å². The number of hydrogen-bond acceptors (Lipinski definition) is 2. The van der Waals surface area contributed by atoms with Crippen molar-refractivity contribution < 1.29 is 4.79 Å². The Morgan fingerprint density at radius 1 is 1.42 bits per heavy atom. The first-order valence-electron chi connectivity index (χ1n) is 6.85. The van der Waals surface area contributed by atoms with E-state index in [9.17, 15) is 4.79 Å². The molecule has 3 N–H and O–H groups in total. The monoisotopic (exact) mass is 324 g/mol. The van der Waals surface area contributed by atoms with Gasteiger partial charge in [0.1, 0.15) is 0 Å². The van der Waals surface area contributed by atoms with Crippen molar-refractivity contribution in [3.8, 4) is 0 Å². The molecule has 0 spiro atoms. The van der Waals surface area contributed by atoms with E-state index < -0.39 is 0 Å². The Balaban J connectivity index is 2.13. The average Bonchev–Trinajstić information content (AvgIpc) is 2.42. The molecule has 19 heavy (non-hydrogen) atoms. The van der Waals surface area contributed by atoms with E-state index in [0.29, 0.717) is 18.0 Å². The first kappa shape index (κ1) is 14.5. The molecule has 2 atom stereocenters. The van der Waals surface area contributed by atoms with Gasteiger partial charge in [-0.1, -0.05) is 35.7 Å². The van der Waals surface area contributed by atoms with Crippen LogP contribution in [0, 0.1) is 5.92 Å². The van der Waals surface area contributed by atoms with E-state index in [-0.39, 0.29) is 11.4 Å². The highest BCUT2D eigenvalue weighted by molar-refractivity contribution is 9.10. The summed E-state index contributed by atoms with van der Waals surface area (Å²) >= 11 is 3.38. The lowest BCUT2D eigenvalue weighted by atomic mass is 9.73. The molecule has 0 saturated heterocycles. The number of halogens is 1. The Morgan fingerprint density at radius 2 is 2.11 bits per heavy atom. The molecule has 0 aromatic heterocycles. The summed E-state index contributed by atoms with van der Waals surface area (Å²) in [7, 11) is 0. The van der Waals surface area contributed by atoms with E-state index in [1.807, 2.05) is 24.3 Å². The van der Waals surface area contributed by atoms with Gasteiger partial charge in [0, 0.05) is 16.6 Å². The summed E-state index contributed by atoms with van der Waals surface area (Å²) in [4.78, 5) is 12.4. The highest BCUT2D eigenvalue weighted by Crippen LogP contribution is 2.33. The van der Waals surface area contributed by atoms with Gasteiger partial charge in [0.2, 0.25) is 0 Å². The number of rotatable bonds is 3. The third-order valence-corrected chi connectivity index (χ3v) is 4.82. The molecule has 1 fully saturated rings. The Bertz CT molecular complexity index is 446. The largest absolute Gasteiger partial charge is 0.345 e. The van der Waals surface area contributed by atoms with Crippen molar-refractivity contribution >= 4 is 21.8 Å².